The second kappa shape index (κ2) is 6.55. The summed E-state index contributed by atoms with van der Waals surface area (Å²) >= 11 is 0. The summed E-state index contributed by atoms with van der Waals surface area (Å²) in [6.07, 6.45) is 0. The third-order valence-electron chi connectivity index (χ3n) is 4.46. The number of hydrogen-bond donors (Lipinski definition) is 2. The molecule has 0 radical (unpaired) electrons. The maximum Gasteiger partial charge on any atom is 0.255 e. The normalized spacial score (nSPS) is 13.1. The third kappa shape index (κ3) is 3.30. The Morgan fingerprint density at radius 2 is 1.64 bits per heavy atom. The molecule has 3 rings (SSSR count). The van der Waals surface area contributed by atoms with Crippen molar-refractivity contribution in [3.05, 3.63) is 28.6 Å². The standard InChI is InChI=1S/C19H27N9/c1-10(2)16-25-26-17-12(14(19(6,7)8)27-28(16)17)21-23-15-11(20-9)13(22-24-15)18(3,4)5/h10,27H,1-8H3,(H,22,24). The zero-order valence-electron chi connectivity index (χ0n) is 17.7. The van der Waals surface area contributed by atoms with E-state index in [1.165, 1.54) is 0 Å². The monoisotopic (exact) mass is 381 g/mol. The van der Waals surface area contributed by atoms with Gasteiger partial charge in [-0.3, -0.25) is 10.2 Å². The maximum atomic E-state index is 7.53. The van der Waals surface area contributed by atoms with Crippen LogP contribution in [0.15, 0.2) is 10.2 Å². The van der Waals surface area contributed by atoms with Crippen molar-refractivity contribution in [3.8, 4) is 0 Å². The molecule has 0 spiro atoms. The number of nitrogens with zero attached hydrogens (tertiary/aromatic N) is 7. The molecule has 2 N–H and O–H groups in total. The molecule has 3 heterocycles. The molecule has 3 aromatic heterocycles. The minimum atomic E-state index is -0.238. The predicted octanol–water partition coefficient (Wildman–Crippen LogP) is 5.47. The number of hydrogen-bond acceptors (Lipinski definition) is 5. The van der Waals surface area contributed by atoms with E-state index in [9.17, 15) is 0 Å². The van der Waals surface area contributed by atoms with Gasteiger partial charge < -0.3 is 0 Å². The second-order valence-electron chi connectivity index (χ2n) is 9.29. The van der Waals surface area contributed by atoms with Gasteiger partial charge >= 0.3 is 0 Å². The average molecular weight is 381 g/mol. The lowest BCUT2D eigenvalue weighted by Crippen LogP contribution is -2.13. The molecule has 148 valence electrons. The van der Waals surface area contributed by atoms with Crippen molar-refractivity contribution in [1.29, 1.82) is 0 Å². The van der Waals surface area contributed by atoms with Crippen molar-refractivity contribution in [1.82, 2.24) is 30.0 Å². The molecular formula is C19H27N9. The molecule has 0 aliphatic heterocycles. The highest BCUT2D eigenvalue weighted by Gasteiger charge is 2.28. The van der Waals surface area contributed by atoms with E-state index in [1.54, 1.807) is 0 Å². The molecule has 0 aliphatic carbocycles. The van der Waals surface area contributed by atoms with Crippen molar-refractivity contribution in [3.63, 3.8) is 0 Å². The van der Waals surface area contributed by atoms with E-state index in [-0.39, 0.29) is 22.6 Å². The van der Waals surface area contributed by atoms with Crippen LogP contribution in [0.4, 0.5) is 17.2 Å². The summed E-state index contributed by atoms with van der Waals surface area (Å²) in [5, 5.41) is 27.9. The molecule has 9 heteroatoms. The Labute approximate surface area is 164 Å². The number of aromatic nitrogens is 6. The number of aromatic amines is 2. The van der Waals surface area contributed by atoms with Crippen LogP contribution in [0.5, 0.6) is 0 Å². The van der Waals surface area contributed by atoms with Crippen molar-refractivity contribution in [2.75, 3.05) is 0 Å². The van der Waals surface area contributed by atoms with Gasteiger partial charge in [0, 0.05) is 17.0 Å². The van der Waals surface area contributed by atoms with Crippen LogP contribution >= 0.6 is 0 Å². The van der Waals surface area contributed by atoms with Gasteiger partial charge in [0.25, 0.3) is 5.69 Å². The summed E-state index contributed by atoms with van der Waals surface area (Å²) in [5.74, 6) is 1.32. The zero-order chi connectivity index (χ0) is 20.9. The fraction of sp³-hybridized carbons (Fsp3) is 0.579. The minimum absolute atomic E-state index is 0.200. The van der Waals surface area contributed by atoms with Crippen LogP contribution in [0.3, 0.4) is 0 Å². The van der Waals surface area contributed by atoms with Crippen molar-refractivity contribution in [2.24, 2.45) is 10.2 Å². The Bertz CT molecular complexity index is 1070. The van der Waals surface area contributed by atoms with Crippen molar-refractivity contribution in [2.45, 2.75) is 72.1 Å². The number of fused-ring (bicyclic) bond motifs is 1. The molecule has 0 saturated carbocycles. The van der Waals surface area contributed by atoms with Gasteiger partial charge in [-0.05, 0) is 5.41 Å². The highest BCUT2D eigenvalue weighted by atomic mass is 15.4. The van der Waals surface area contributed by atoms with E-state index in [0.29, 0.717) is 17.0 Å². The first-order chi connectivity index (χ1) is 12.9. The first-order valence-corrected chi connectivity index (χ1v) is 9.30. The summed E-state index contributed by atoms with van der Waals surface area (Å²) in [7, 11) is 0. The fourth-order valence-electron chi connectivity index (χ4n) is 2.95. The molecule has 0 unspecified atom stereocenters. The lowest BCUT2D eigenvalue weighted by atomic mass is 9.91. The number of H-pyrrole nitrogens is 2. The van der Waals surface area contributed by atoms with Crippen LogP contribution in [0.2, 0.25) is 0 Å². The molecule has 0 aromatic carbocycles. The van der Waals surface area contributed by atoms with E-state index < -0.39 is 0 Å². The fourth-order valence-corrected chi connectivity index (χ4v) is 2.95. The SMILES string of the molecule is [C-]#[N+]c1c(N=Nc2c(C(C)(C)C)[nH]n3c(C(C)C)nnc23)n[nH]c1C(C)(C)C. The van der Waals surface area contributed by atoms with Gasteiger partial charge in [0.15, 0.2) is 11.5 Å². The quantitative estimate of drug-likeness (QED) is 0.464. The topological polar surface area (TPSA) is 104 Å². The molecule has 0 amide bonds. The molecule has 9 nitrogen and oxygen atoms in total. The van der Waals surface area contributed by atoms with Gasteiger partial charge in [-0.1, -0.05) is 55.4 Å². The van der Waals surface area contributed by atoms with Gasteiger partial charge in [-0.25, -0.2) is 9.36 Å². The van der Waals surface area contributed by atoms with Crippen LogP contribution < -0.4 is 0 Å². The van der Waals surface area contributed by atoms with E-state index in [4.69, 9.17) is 6.57 Å². The number of nitrogens with one attached hydrogen (secondary N) is 2. The van der Waals surface area contributed by atoms with Gasteiger partial charge in [0.2, 0.25) is 11.5 Å². The van der Waals surface area contributed by atoms with Crippen molar-refractivity contribution < 1.29 is 0 Å². The maximum absolute atomic E-state index is 7.53. The van der Waals surface area contributed by atoms with E-state index in [0.717, 1.165) is 17.2 Å². The molecule has 0 fully saturated rings. The summed E-state index contributed by atoms with van der Waals surface area (Å²) in [6, 6.07) is 0. The van der Waals surface area contributed by atoms with E-state index in [2.05, 4.69) is 75.2 Å². The van der Waals surface area contributed by atoms with Gasteiger partial charge in [-0.2, -0.15) is 5.10 Å². The molecule has 3 aromatic rings. The molecule has 0 saturated heterocycles. The van der Waals surface area contributed by atoms with Gasteiger partial charge in [0.05, 0.1) is 12.3 Å². The minimum Gasteiger partial charge on any atom is -0.292 e. The lowest BCUT2D eigenvalue weighted by molar-refractivity contribution is 0.558. The van der Waals surface area contributed by atoms with Crippen LogP contribution in [0.25, 0.3) is 10.5 Å². The Balaban J connectivity index is 2.15. The number of rotatable bonds is 3. The van der Waals surface area contributed by atoms with Crippen LogP contribution in [-0.4, -0.2) is 30.0 Å². The Morgan fingerprint density at radius 1 is 1.00 bits per heavy atom. The smallest absolute Gasteiger partial charge is 0.255 e. The first-order valence-electron chi connectivity index (χ1n) is 9.30. The molecule has 0 aliphatic rings. The van der Waals surface area contributed by atoms with Crippen LogP contribution in [0.1, 0.15) is 78.5 Å². The molecule has 0 bridgehead atoms. The lowest BCUT2D eigenvalue weighted by Gasteiger charge is -2.16. The highest BCUT2D eigenvalue weighted by molar-refractivity contribution is 5.70. The zero-order valence-corrected chi connectivity index (χ0v) is 17.7. The summed E-state index contributed by atoms with van der Waals surface area (Å²) in [6.45, 7) is 24.0. The van der Waals surface area contributed by atoms with Crippen LogP contribution in [0, 0.1) is 6.57 Å². The summed E-state index contributed by atoms with van der Waals surface area (Å²) < 4.78 is 1.86. The van der Waals surface area contributed by atoms with E-state index >= 15 is 0 Å². The Kier molecular flexibility index (Phi) is 4.61. The van der Waals surface area contributed by atoms with Gasteiger partial charge in [-0.15, -0.1) is 20.4 Å². The third-order valence-corrected chi connectivity index (χ3v) is 4.46. The van der Waals surface area contributed by atoms with E-state index in [1.807, 2.05) is 25.3 Å². The predicted molar refractivity (Wildman–Crippen MR) is 108 cm³/mol. The Morgan fingerprint density at radius 3 is 2.18 bits per heavy atom. The molecular weight excluding hydrogens is 354 g/mol. The summed E-state index contributed by atoms with van der Waals surface area (Å²) in [4.78, 5) is 3.62. The average Bonchev–Trinajstić information content (AvgIpc) is 3.23. The second-order valence-corrected chi connectivity index (χ2v) is 9.29. The van der Waals surface area contributed by atoms with Crippen molar-refractivity contribution >= 4 is 22.8 Å². The largest absolute Gasteiger partial charge is 0.292 e. The summed E-state index contributed by atoms with van der Waals surface area (Å²) in [5.41, 5.74) is 2.84. The molecule has 28 heavy (non-hydrogen) atoms. The van der Waals surface area contributed by atoms with Crippen LogP contribution in [-0.2, 0) is 10.8 Å². The van der Waals surface area contributed by atoms with Gasteiger partial charge in [0.1, 0.15) is 0 Å². The number of azo groups is 1. The molecule has 0 atom stereocenters. The first kappa shape index (κ1) is 19.7. The Hall–Kier alpha value is -3.02. The highest BCUT2D eigenvalue weighted by Crippen LogP contribution is 2.39.